The van der Waals surface area contributed by atoms with Gasteiger partial charge in [0.25, 0.3) is 5.91 Å². The molecular formula is C23H32N3O3S+. The number of nitrogens with zero attached hydrogens (tertiary/aromatic N) is 1. The van der Waals surface area contributed by atoms with Crippen molar-refractivity contribution >= 4 is 33.9 Å². The van der Waals surface area contributed by atoms with Gasteiger partial charge in [-0.25, -0.2) is 4.79 Å². The summed E-state index contributed by atoms with van der Waals surface area (Å²) in [5.74, 6) is -0.604. The predicted octanol–water partition coefficient (Wildman–Crippen LogP) is 3.38. The molecule has 1 aliphatic heterocycles. The molecule has 2 heterocycles. The minimum atomic E-state index is -0.373. The highest BCUT2D eigenvalue weighted by Gasteiger charge is 2.45. The molecule has 0 fully saturated rings. The second-order valence-corrected chi connectivity index (χ2v) is 10.3. The lowest BCUT2D eigenvalue weighted by Gasteiger charge is -2.38. The number of quaternary nitrogens is 1. The van der Waals surface area contributed by atoms with Gasteiger partial charge < -0.3 is 20.3 Å². The monoisotopic (exact) mass is 430 g/mol. The lowest BCUT2D eigenvalue weighted by atomic mass is 9.81. The number of nitrogens with two attached hydrogens (primary N) is 1. The lowest BCUT2D eigenvalue weighted by molar-refractivity contribution is -0.789. The van der Waals surface area contributed by atoms with Gasteiger partial charge in [0.05, 0.1) is 22.6 Å². The van der Waals surface area contributed by atoms with Gasteiger partial charge in [-0.3, -0.25) is 4.79 Å². The summed E-state index contributed by atoms with van der Waals surface area (Å²) in [7, 11) is 3.91. The fourth-order valence-electron chi connectivity index (χ4n) is 4.30. The highest BCUT2D eigenvalue weighted by Crippen LogP contribution is 2.42. The van der Waals surface area contributed by atoms with Gasteiger partial charge in [-0.05, 0) is 64.4 Å². The highest BCUT2D eigenvalue weighted by molar-refractivity contribution is 7.17. The summed E-state index contributed by atoms with van der Waals surface area (Å²) >= 11 is 1.48. The molecule has 30 heavy (non-hydrogen) atoms. The molecule has 0 atom stereocenters. The van der Waals surface area contributed by atoms with E-state index in [1.165, 1.54) is 11.3 Å². The van der Waals surface area contributed by atoms with E-state index in [-0.39, 0.29) is 23.0 Å². The van der Waals surface area contributed by atoms with Crippen molar-refractivity contribution in [3.8, 4) is 0 Å². The average molecular weight is 431 g/mol. The molecule has 0 bridgehead atoms. The van der Waals surface area contributed by atoms with E-state index in [2.05, 4.69) is 38.3 Å². The largest absolute Gasteiger partial charge is 0.462 e. The molecular weight excluding hydrogens is 398 g/mol. The van der Waals surface area contributed by atoms with Crippen molar-refractivity contribution in [3.63, 3.8) is 0 Å². The van der Waals surface area contributed by atoms with E-state index >= 15 is 0 Å². The Hall–Kier alpha value is -2.38. The molecule has 1 aliphatic rings. The summed E-state index contributed by atoms with van der Waals surface area (Å²) in [5.41, 5.74) is 2.82. The summed E-state index contributed by atoms with van der Waals surface area (Å²) < 4.78 is 5.36. The van der Waals surface area contributed by atoms with Gasteiger partial charge in [-0.2, -0.15) is 0 Å². The van der Waals surface area contributed by atoms with Gasteiger partial charge in [-0.1, -0.05) is 0 Å². The van der Waals surface area contributed by atoms with Gasteiger partial charge in [-0.15, -0.1) is 11.3 Å². The zero-order valence-electron chi connectivity index (χ0n) is 18.9. The molecule has 3 rings (SSSR count). The van der Waals surface area contributed by atoms with Crippen molar-refractivity contribution < 1.29 is 19.6 Å². The van der Waals surface area contributed by atoms with Crippen LogP contribution in [0.4, 0.5) is 10.7 Å². The van der Waals surface area contributed by atoms with Crippen LogP contribution in [0, 0.1) is 0 Å². The number of ether oxygens (including phenoxy) is 1. The topological polar surface area (TPSA) is 75.2 Å². The van der Waals surface area contributed by atoms with Crippen molar-refractivity contribution in [2.45, 2.75) is 52.1 Å². The number of benzene rings is 1. The molecule has 3 N–H and O–H groups in total. The van der Waals surface area contributed by atoms with Crippen LogP contribution in [0.15, 0.2) is 24.3 Å². The van der Waals surface area contributed by atoms with Crippen molar-refractivity contribution in [2.75, 3.05) is 30.9 Å². The molecule has 7 heteroatoms. The summed E-state index contributed by atoms with van der Waals surface area (Å²) in [4.78, 5) is 28.9. The Morgan fingerprint density at radius 1 is 1.17 bits per heavy atom. The number of amides is 1. The second kappa shape index (κ2) is 8.04. The van der Waals surface area contributed by atoms with Crippen molar-refractivity contribution in [2.24, 2.45) is 0 Å². The number of hydrogen-bond donors (Lipinski definition) is 2. The van der Waals surface area contributed by atoms with E-state index in [4.69, 9.17) is 4.74 Å². The maximum Gasteiger partial charge on any atom is 0.341 e. The number of anilines is 2. The number of nitrogens with one attached hydrogen (secondary N) is 1. The van der Waals surface area contributed by atoms with Gasteiger partial charge in [0, 0.05) is 31.8 Å². The number of carbonyl (C=O) groups excluding carboxylic acids is 2. The molecule has 1 aromatic heterocycles. The Bertz CT molecular complexity index is 959. The van der Waals surface area contributed by atoms with Crippen molar-refractivity contribution in [3.05, 3.63) is 45.8 Å². The van der Waals surface area contributed by atoms with E-state index < -0.39 is 0 Å². The third-order valence-electron chi connectivity index (χ3n) is 5.33. The van der Waals surface area contributed by atoms with Gasteiger partial charge >= 0.3 is 5.97 Å². The van der Waals surface area contributed by atoms with Gasteiger partial charge in [0.15, 0.2) is 0 Å². The Labute approximate surface area is 182 Å². The van der Waals surface area contributed by atoms with Crippen molar-refractivity contribution in [1.82, 2.24) is 0 Å². The first-order valence-electron chi connectivity index (χ1n) is 10.2. The van der Waals surface area contributed by atoms with Crippen LogP contribution in [-0.4, -0.2) is 38.1 Å². The standard InChI is InChI=1S/C23H31N3O3S/c1-8-29-21(28)17-16-13-22(2,3)25-23(4,5)18(16)30-20(17)24-19(27)14-9-11-15(12-10-14)26(6)7/h9-12,25H,8,13H2,1-7H3,(H,24,27)/p+1. The Kier molecular flexibility index (Phi) is 5.98. The maximum absolute atomic E-state index is 13.0. The zero-order valence-corrected chi connectivity index (χ0v) is 19.7. The molecule has 2 aromatic rings. The number of hydrogen-bond acceptors (Lipinski definition) is 5. The first-order chi connectivity index (χ1) is 13.9. The minimum absolute atomic E-state index is 0.0535. The summed E-state index contributed by atoms with van der Waals surface area (Å²) in [6, 6.07) is 7.40. The van der Waals surface area contributed by atoms with Crippen LogP contribution < -0.4 is 15.5 Å². The molecule has 0 radical (unpaired) electrons. The number of fused-ring (bicyclic) bond motifs is 1. The maximum atomic E-state index is 13.0. The van der Waals surface area contributed by atoms with E-state index in [0.717, 1.165) is 22.5 Å². The minimum Gasteiger partial charge on any atom is -0.462 e. The molecule has 0 spiro atoms. The molecule has 1 amide bonds. The van der Waals surface area contributed by atoms with Crippen LogP contribution in [0.5, 0.6) is 0 Å². The molecule has 0 unspecified atom stereocenters. The first-order valence-corrected chi connectivity index (χ1v) is 11.1. The molecule has 6 nitrogen and oxygen atoms in total. The smallest absolute Gasteiger partial charge is 0.341 e. The number of thiophene rings is 1. The van der Waals surface area contributed by atoms with E-state index in [9.17, 15) is 9.59 Å². The fourth-order valence-corrected chi connectivity index (χ4v) is 5.57. The summed E-state index contributed by atoms with van der Waals surface area (Å²) in [6.45, 7) is 10.8. The zero-order chi connectivity index (χ0) is 22.3. The third-order valence-corrected chi connectivity index (χ3v) is 6.82. The predicted molar refractivity (Wildman–Crippen MR) is 122 cm³/mol. The van der Waals surface area contributed by atoms with Crippen LogP contribution in [0.25, 0.3) is 0 Å². The second-order valence-electron chi connectivity index (χ2n) is 9.26. The van der Waals surface area contributed by atoms with Crippen molar-refractivity contribution in [1.29, 1.82) is 0 Å². The SMILES string of the molecule is CCOC(=O)c1c(NC(=O)c2ccc(N(C)C)cc2)sc2c1CC(C)(C)[NH2+]C2(C)C. The number of rotatable bonds is 5. The van der Waals surface area contributed by atoms with E-state index in [0.29, 0.717) is 22.7 Å². The Morgan fingerprint density at radius 2 is 1.80 bits per heavy atom. The molecule has 1 aromatic carbocycles. The van der Waals surface area contributed by atoms with Crippen LogP contribution in [0.3, 0.4) is 0 Å². The lowest BCUT2D eigenvalue weighted by Crippen LogP contribution is -3.03. The number of esters is 1. The number of carbonyl (C=O) groups is 2. The average Bonchev–Trinajstić information content (AvgIpc) is 2.99. The highest BCUT2D eigenvalue weighted by atomic mass is 32.1. The Morgan fingerprint density at radius 3 is 2.37 bits per heavy atom. The third kappa shape index (κ3) is 4.37. The fraction of sp³-hybridized carbons (Fsp3) is 0.478. The normalized spacial score (nSPS) is 16.5. The summed E-state index contributed by atoms with van der Waals surface area (Å²) in [5, 5.41) is 5.89. The quantitative estimate of drug-likeness (QED) is 0.713. The van der Waals surface area contributed by atoms with Gasteiger partial charge in [0.2, 0.25) is 0 Å². The molecule has 162 valence electrons. The summed E-state index contributed by atoms with van der Waals surface area (Å²) in [6.07, 6.45) is 0.740. The van der Waals surface area contributed by atoms with E-state index in [1.54, 1.807) is 19.1 Å². The van der Waals surface area contributed by atoms with E-state index in [1.807, 2.05) is 31.1 Å². The molecule has 0 saturated carbocycles. The van der Waals surface area contributed by atoms with Crippen LogP contribution in [0.2, 0.25) is 0 Å². The van der Waals surface area contributed by atoms with Crippen LogP contribution in [0.1, 0.15) is 65.8 Å². The molecule has 0 saturated heterocycles. The van der Waals surface area contributed by atoms with Crippen LogP contribution >= 0.6 is 11.3 Å². The van der Waals surface area contributed by atoms with Crippen LogP contribution in [-0.2, 0) is 16.7 Å². The van der Waals surface area contributed by atoms with Gasteiger partial charge in [0.1, 0.15) is 10.5 Å². The first kappa shape index (κ1) is 22.3. The Balaban J connectivity index is 2.01. The molecule has 0 aliphatic carbocycles.